The van der Waals surface area contributed by atoms with E-state index in [0.29, 0.717) is 6.42 Å². The molecule has 0 fully saturated rings. The molecule has 100 valence electrons. The summed E-state index contributed by atoms with van der Waals surface area (Å²) in [5, 5.41) is 5.61. The van der Waals surface area contributed by atoms with E-state index in [4.69, 9.17) is 34.8 Å². The summed E-state index contributed by atoms with van der Waals surface area (Å²) in [6, 6.07) is 7.58. The Bertz CT molecular complexity index is 401. The van der Waals surface area contributed by atoms with Gasteiger partial charge in [0.15, 0.2) is 0 Å². The second-order valence-corrected chi connectivity index (χ2v) is 6.27. The van der Waals surface area contributed by atoms with Gasteiger partial charge >= 0.3 is 0 Å². The van der Waals surface area contributed by atoms with E-state index in [9.17, 15) is 4.79 Å². The first-order valence-electron chi connectivity index (χ1n) is 5.52. The zero-order valence-corrected chi connectivity index (χ0v) is 12.4. The highest BCUT2D eigenvalue weighted by Crippen LogP contribution is 2.31. The molecule has 1 aromatic carbocycles. The highest BCUT2D eigenvalue weighted by molar-refractivity contribution is 6.68. The largest absolute Gasteiger partial charge is 0.362 e. The molecule has 0 saturated carbocycles. The molecule has 0 spiro atoms. The highest BCUT2D eigenvalue weighted by Gasteiger charge is 2.33. The number of hydrogen-bond donors (Lipinski definition) is 2. The third kappa shape index (κ3) is 4.92. The van der Waals surface area contributed by atoms with Crippen LogP contribution in [0.4, 0.5) is 5.69 Å². The number of carbonyl (C=O) groups is 1. The van der Waals surface area contributed by atoms with Gasteiger partial charge < -0.3 is 10.6 Å². The fraction of sp³-hybridized carbons (Fsp3) is 0.417. The van der Waals surface area contributed by atoms with Crippen molar-refractivity contribution in [2.45, 2.75) is 30.2 Å². The summed E-state index contributed by atoms with van der Waals surface area (Å²) in [6.07, 6.45) is -0.454. The molecule has 0 aliphatic heterocycles. The van der Waals surface area contributed by atoms with Crippen molar-refractivity contribution >= 4 is 46.4 Å². The Hall–Kier alpha value is -0.640. The minimum atomic E-state index is -1.63. The third-order valence-corrected chi connectivity index (χ3v) is 2.97. The van der Waals surface area contributed by atoms with Gasteiger partial charge in [-0.3, -0.25) is 4.79 Å². The smallest absolute Gasteiger partial charge is 0.228 e. The Labute approximate surface area is 122 Å². The Morgan fingerprint density at radius 3 is 2.28 bits per heavy atom. The summed E-state index contributed by atoms with van der Waals surface area (Å²) in [5.41, 5.74) is 1.90. The molecule has 0 bridgehead atoms. The van der Waals surface area contributed by atoms with Gasteiger partial charge in [0.1, 0.15) is 6.17 Å². The minimum absolute atomic E-state index is 0.189. The Morgan fingerprint density at radius 1 is 1.28 bits per heavy atom. The molecule has 18 heavy (non-hydrogen) atoms. The van der Waals surface area contributed by atoms with Crippen molar-refractivity contribution in [2.75, 3.05) is 5.32 Å². The highest BCUT2D eigenvalue weighted by atomic mass is 35.6. The van der Waals surface area contributed by atoms with Gasteiger partial charge in [-0.15, -0.1) is 0 Å². The van der Waals surface area contributed by atoms with Gasteiger partial charge in [0.25, 0.3) is 0 Å². The lowest BCUT2D eigenvalue weighted by atomic mass is 10.2. The van der Waals surface area contributed by atoms with Gasteiger partial charge in [-0.2, -0.15) is 0 Å². The van der Waals surface area contributed by atoms with Crippen molar-refractivity contribution in [1.29, 1.82) is 0 Å². The molecule has 0 aliphatic carbocycles. The van der Waals surface area contributed by atoms with Crippen LogP contribution in [0.15, 0.2) is 24.3 Å². The molecule has 2 N–H and O–H groups in total. The van der Waals surface area contributed by atoms with Gasteiger partial charge in [0, 0.05) is 12.1 Å². The van der Waals surface area contributed by atoms with Crippen molar-refractivity contribution in [2.24, 2.45) is 0 Å². The zero-order chi connectivity index (χ0) is 13.8. The maximum atomic E-state index is 11.4. The van der Waals surface area contributed by atoms with E-state index in [0.717, 1.165) is 11.3 Å². The van der Waals surface area contributed by atoms with Crippen LogP contribution in [0.2, 0.25) is 0 Å². The fourth-order valence-corrected chi connectivity index (χ4v) is 1.61. The zero-order valence-electron chi connectivity index (χ0n) is 10.1. The Kier molecular flexibility index (Phi) is 5.57. The summed E-state index contributed by atoms with van der Waals surface area (Å²) in [7, 11) is 0. The van der Waals surface area contributed by atoms with E-state index in [-0.39, 0.29) is 5.91 Å². The molecular formula is C12H15Cl3N2O. The van der Waals surface area contributed by atoms with Crippen molar-refractivity contribution < 1.29 is 4.79 Å². The van der Waals surface area contributed by atoms with Gasteiger partial charge in [-0.25, -0.2) is 0 Å². The summed E-state index contributed by atoms with van der Waals surface area (Å²) in [5.74, 6) is -0.189. The first-order valence-corrected chi connectivity index (χ1v) is 6.65. The second-order valence-electron chi connectivity index (χ2n) is 3.91. The maximum absolute atomic E-state index is 11.4. The number of nitrogens with one attached hydrogen (secondary N) is 2. The molecule has 0 aliphatic rings. The van der Waals surface area contributed by atoms with Crippen LogP contribution in [-0.2, 0) is 4.79 Å². The number of hydrogen-bond acceptors (Lipinski definition) is 2. The maximum Gasteiger partial charge on any atom is 0.228 e. The standard InChI is InChI=1S/C12H15Cl3N2O/c1-3-10(18)17-11(12(13,14)15)16-9-6-4-8(2)5-7-9/h4-7,11,16H,3H2,1-2H3,(H,17,18)/t11-/m1/s1. The van der Waals surface area contributed by atoms with Crippen LogP contribution >= 0.6 is 34.8 Å². The van der Waals surface area contributed by atoms with Crippen LogP contribution in [0, 0.1) is 6.92 Å². The number of amides is 1. The average molecular weight is 310 g/mol. The molecule has 1 atom stereocenters. The van der Waals surface area contributed by atoms with Crippen LogP contribution in [0.3, 0.4) is 0 Å². The molecule has 1 rings (SSSR count). The van der Waals surface area contributed by atoms with E-state index >= 15 is 0 Å². The van der Waals surface area contributed by atoms with E-state index in [1.165, 1.54) is 0 Å². The van der Waals surface area contributed by atoms with E-state index in [1.807, 2.05) is 31.2 Å². The van der Waals surface area contributed by atoms with Crippen LogP contribution < -0.4 is 10.6 Å². The van der Waals surface area contributed by atoms with Crippen molar-refractivity contribution in [3.05, 3.63) is 29.8 Å². The van der Waals surface area contributed by atoms with E-state index in [2.05, 4.69) is 10.6 Å². The summed E-state index contributed by atoms with van der Waals surface area (Å²) >= 11 is 17.5. The number of alkyl halides is 3. The molecule has 0 saturated heterocycles. The molecule has 6 heteroatoms. The normalized spacial score (nSPS) is 12.9. The number of rotatable bonds is 4. The van der Waals surface area contributed by atoms with E-state index in [1.54, 1.807) is 6.92 Å². The molecule has 0 unspecified atom stereocenters. The SMILES string of the molecule is CCC(=O)N[C@@H](Nc1ccc(C)cc1)C(Cl)(Cl)Cl. The predicted octanol–water partition coefficient (Wildman–Crippen LogP) is 3.63. The van der Waals surface area contributed by atoms with Gasteiger partial charge in [0.05, 0.1) is 0 Å². The topological polar surface area (TPSA) is 41.1 Å². The van der Waals surface area contributed by atoms with E-state index < -0.39 is 9.96 Å². The number of anilines is 1. The van der Waals surface area contributed by atoms with Crippen LogP contribution in [-0.4, -0.2) is 15.9 Å². The molecular weight excluding hydrogens is 295 g/mol. The Morgan fingerprint density at radius 2 is 1.83 bits per heavy atom. The first-order chi connectivity index (χ1) is 8.32. The number of carbonyl (C=O) groups excluding carboxylic acids is 1. The summed E-state index contributed by atoms with van der Waals surface area (Å²) in [6.45, 7) is 3.71. The molecule has 0 heterocycles. The fourth-order valence-electron chi connectivity index (χ4n) is 1.28. The molecule has 3 nitrogen and oxygen atoms in total. The second kappa shape index (κ2) is 6.50. The minimum Gasteiger partial charge on any atom is -0.362 e. The van der Waals surface area contributed by atoms with Gasteiger partial charge in [0.2, 0.25) is 9.70 Å². The quantitative estimate of drug-likeness (QED) is 0.659. The average Bonchev–Trinajstić information content (AvgIpc) is 2.29. The monoisotopic (exact) mass is 308 g/mol. The molecule has 1 aromatic rings. The molecule has 1 amide bonds. The lowest BCUT2D eigenvalue weighted by molar-refractivity contribution is -0.121. The van der Waals surface area contributed by atoms with Gasteiger partial charge in [-0.05, 0) is 19.1 Å². The summed E-state index contributed by atoms with van der Waals surface area (Å²) < 4.78 is -1.63. The van der Waals surface area contributed by atoms with Crippen LogP contribution in [0.25, 0.3) is 0 Å². The Balaban J connectivity index is 2.78. The molecule has 0 radical (unpaired) electrons. The summed E-state index contributed by atoms with van der Waals surface area (Å²) in [4.78, 5) is 11.4. The van der Waals surface area contributed by atoms with Crippen molar-refractivity contribution in [3.8, 4) is 0 Å². The van der Waals surface area contributed by atoms with Crippen LogP contribution in [0.1, 0.15) is 18.9 Å². The van der Waals surface area contributed by atoms with Gasteiger partial charge in [-0.1, -0.05) is 59.4 Å². The predicted molar refractivity (Wildman–Crippen MR) is 77.3 cm³/mol. The lowest BCUT2D eigenvalue weighted by Gasteiger charge is -2.27. The number of benzene rings is 1. The third-order valence-electron chi connectivity index (χ3n) is 2.32. The van der Waals surface area contributed by atoms with Crippen molar-refractivity contribution in [1.82, 2.24) is 5.32 Å². The van der Waals surface area contributed by atoms with Crippen molar-refractivity contribution in [3.63, 3.8) is 0 Å². The number of halogens is 3. The molecule has 0 aromatic heterocycles. The van der Waals surface area contributed by atoms with Crippen LogP contribution in [0.5, 0.6) is 0 Å². The first kappa shape index (κ1) is 15.4. The lowest BCUT2D eigenvalue weighted by Crippen LogP contribution is -2.48. The number of aryl methyl sites for hydroxylation is 1.